The third-order valence-electron chi connectivity index (χ3n) is 2.16. The zero-order valence-corrected chi connectivity index (χ0v) is 11.5. The molecule has 0 unspecified atom stereocenters. The van der Waals surface area contributed by atoms with Crippen LogP contribution < -0.4 is 10.6 Å². The molecule has 5 heteroatoms. The summed E-state index contributed by atoms with van der Waals surface area (Å²) < 4.78 is 0. The van der Waals surface area contributed by atoms with Crippen LogP contribution in [0.25, 0.3) is 0 Å². The lowest BCUT2D eigenvalue weighted by Gasteiger charge is -2.05. The molecular formula is C14H16N2O2S. The van der Waals surface area contributed by atoms with Gasteiger partial charge in [-0.2, -0.15) is 0 Å². The van der Waals surface area contributed by atoms with Crippen molar-refractivity contribution in [2.24, 2.45) is 0 Å². The van der Waals surface area contributed by atoms with E-state index in [1.54, 1.807) is 0 Å². The minimum Gasteiger partial charge on any atom is -0.344 e. The Morgan fingerprint density at radius 2 is 2.05 bits per heavy atom. The van der Waals surface area contributed by atoms with Crippen LogP contribution in [0.3, 0.4) is 0 Å². The lowest BCUT2D eigenvalue weighted by Crippen LogP contribution is -2.26. The zero-order chi connectivity index (χ0) is 14.1. The molecule has 1 aromatic carbocycles. The molecule has 2 amide bonds. The van der Waals surface area contributed by atoms with E-state index in [1.165, 1.54) is 11.8 Å². The number of thioether (sulfide) groups is 1. The molecule has 4 nitrogen and oxygen atoms in total. The van der Waals surface area contributed by atoms with Crippen LogP contribution in [0.2, 0.25) is 0 Å². The number of aryl methyl sites for hydroxylation is 1. The smallest absolute Gasteiger partial charge is 0.234 e. The Labute approximate surface area is 117 Å². The third kappa shape index (κ3) is 6.53. The molecule has 2 N–H and O–H groups in total. The SMILES string of the molecule is C#CCNC(=O)CSCC(=O)Nc1cccc(C)c1. The summed E-state index contributed by atoms with van der Waals surface area (Å²) in [6.45, 7) is 2.18. The molecule has 19 heavy (non-hydrogen) atoms. The Morgan fingerprint density at radius 1 is 1.32 bits per heavy atom. The van der Waals surface area contributed by atoms with Gasteiger partial charge in [0.1, 0.15) is 0 Å². The van der Waals surface area contributed by atoms with Gasteiger partial charge < -0.3 is 10.6 Å². The Morgan fingerprint density at radius 3 is 2.74 bits per heavy atom. The highest BCUT2D eigenvalue weighted by atomic mass is 32.2. The van der Waals surface area contributed by atoms with E-state index in [0.29, 0.717) is 0 Å². The standard InChI is InChI=1S/C14H16N2O2S/c1-3-7-15-13(17)9-19-10-14(18)16-12-6-4-5-11(2)8-12/h1,4-6,8H,7,9-10H2,2H3,(H,15,17)(H,16,18). The van der Waals surface area contributed by atoms with Crippen molar-refractivity contribution in [1.29, 1.82) is 0 Å². The van der Waals surface area contributed by atoms with Crippen LogP contribution in [-0.2, 0) is 9.59 Å². The highest BCUT2D eigenvalue weighted by molar-refractivity contribution is 8.00. The lowest BCUT2D eigenvalue weighted by molar-refractivity contribution is -0.118. The molecule has 0 aliphatic carbocycles. The molecular weight excluding hydrogens is 260 g/mol. The van der Waals surface area contributed by atoms with Gasteiger partial charge in [-0.25, -0.2) is 0 Å². The monoisotopic (exact) mass is 276 g/mol. The van der Waals surface area contributed by atoms with E-state index in [9.17, 15) is 9.59 Å². The minimum absolute atomic E-state index is 0.125. The number of terminal acetylenes is 1. The van der Waals surface area contributed by atoms with Crippen LogP contribution >= 0.6 is 11.8 Å². The molecule has 1 rings (SSSR count). The van der Waals surface area contributed by atoms with Crippen LogP contribution in [0.1, 0.15) is 5.56 Å². The molecule has 0 saturated carbocycles. The summed E-state index contributed by atoms with van der Waals surface area (Å²) in [5.74, 6) is 2.49. The van der Waals surface area contributed by atoms with E-state index >= 15 is 0 Å². The maximum atomic E-state index is 11.6. The zero-order valence-electron chi connectivity index (χ0n) is 10.7. The third-order valence-corrected chi connectivity index (χ3v) is 3.09. The number of hydrogen-bond acceptors (Lipinski definition) is 3. The highest BCUT2D eigenvalue weighted by Gasteiger charge is 2.05. The summed E-state index contributed by atoms with van der Waals surface area (Å²) in [6, 6.07) is 7.56. The maximum Gasteiger partial charge on any atom is 0.234 e. The van der Waals surface area contributed by atoms with Crippen LogP contribution in [0.15, 0.2) is 24.3 Å². The molecule has 0 atom stereocenters. The van der Waals surface area contributed by atoms with Crippen molar-refractivity contribution in [3.05, 3.63) is 29.8 Å². The van der Waals surface area contributed by atoms with Gasteiger partial charge in [-0.3, -0.25) is 9.59 Å². The summed E-state index contributed by atoms with van der Waals surface area (Å²) >= 11 is 1.25. The fraction of sp³-hybridized carbons (Fsp3) is 0.286. The van der Waals surface area contributed by atoms with Gasteiger partial charge in [-0.05, 0) is 24.6 Å². The second kappa shape index (κ2) is 8.22. The van der Waals surface area contributed by atoms with Crippen LogP contribution in [0.5, 0.6) is 0 Å². The van der Waals surface area contributed by atoms with Gasteiger partial charge in [0.05, 0.1) is 18.1 Å². The van der Waals surface area contributed by atoms with E-state index in [0.717, 1.165) is 11.3 Å². The molecule has 0 radical (unpaired) electrons. The first kappa shape index (κ1) is 15.1. The second-order valence-electron chi connectivity index (χ2n) is 3.89. The summed E-state index contributed by atoms with van der Waals surface area (Å²) in [6.07, 6.45) is 5.02. The molecule has 0 bridgehead atoms. The number of amides is 2. The van der Waals surface area contributed by atoms with Crippen molar-refractivity contribution >= 4 is 29.3 Å². The number of nitrogens with one attached hydrogen (secondary N) is 2. The highest BCUT2D eigenvalue weighted by Crippen LogP contribution is 2.10. The average molecular weight is 276 g/mol. The number of rotatable bonds is 6. The van der Waals surface area contributed by atoms with Gasteiger partial charge in [0.2, 0.25) is 11.8 Å². The average Bonchev–Trinajstić information content (AvgIpc) is 2.36. The summed E-state index contributed by atoms with van der Waals surface area (Å²) in [4.78, 5) is 22.9. The molecule has 0 heterocycles. The first-order valence-electron chi connectivity index (χ1n) is 5.76. The van der Waals surface area contributed by atoms with Gasteiger partial charge in [0.15, 0.2) is 0 Å². The fourth-order valence-electron chi connectivity index (χ4n) is 1.36. The maximum absolute atomic E-state index is 11.6. The largest absolute Gasteiger partial charge is 0.344 e. The Bertz CT molecular complexity index is 494. The van der Waals surface area contributed by atoms with Crippen LogP contribution in [0.4, 0.5) is 5.69 Å². The predicted molar refractivity (Wildman–Crippen MR) is 79.0 cm³/mol. The molecule has 0 saturated heterocycles. The normalized spacial score (nSPS) is 9.47. The molecule has 0 aliphatic rings. The van der Waals surface area contributed by atoms with E-state index in [4.69, 9.17) is 6.42 Å². The topological polar surface area (TPSA) is 58.2 Å². The summed E-state index contributed by atoms with van der Waals surface area (Å²) in [5, 5.41) is 5.31. The van der Waals surface area contributed by atoms with Crippen molar-refractivity contribution in [3.63, 3.8) is 0 Å². The first-order valence-corrected chi connectivity index (χ1v) is 6.91. The molecule has 0 aliphatic heterocycles. The van der Waals surface area contributed by atoms with Gasteiger partial charge >= 0.3 is 0 Å². The molecule has 0 aromatic heterocycles. The Hall–Kier alpha value is -1.93. The van der Waals surface area contributed by atoms with E-state index in [1.807, 2.05) is 31.2 Å². The summed E-state index contributed by atoms with van der Waals surface area (Å²) in [7, 11) is 0. The number of benzene rings is 1. The Balaban J connectivity index is 2.25. The molecule has 0 spiro atoms. The van der Waals surface area contributed by atoms with Crippen molar-refractivity contribution in [2.45, 2.75) is 6.92 Å². The number of anilines is 1. The molecule has 0 fully saturated rings. The number of carbonyl (C=O) groups is 2. The summed E-state index contributed by atoms with van der Waals surface area (Å²) in [5.41, 5.74) is 1.85. The quantitative estimate of drug-likeness (QED) is 0.773. The van der Waals surface area contributed by atoms with Gasteiger partial charge in [-0.15, -0.1) is 18.2 Å². The Kier molecular flexibility index (Phi) is 6.55. The van der Waals surface area contributed by atoms with Crippen LogP contribution in [-0.4, -0.2) is 29.9 Å². The lowest BCUT2D eigenvalue weighted by atomic mass is 10.2. The first-order chi connectivity index (χ1) is 9.11. The van der Waals surface area contributed by atoms with Gasteiger partial charge in [-0.1, -0.05) is 18.1 Å². The van der Waals surface area contributed by atoms with Gasteiger partial charge in [0, 0.05) is 5.69 Å². The fourth-order valence-corrected chi connectivity index (χ4v) is 2.00. The second-order valence-corrected chi connectivity index (χ2v) is 4.88. The van der Waals surface area contributed by atoms with Crippen molar-refractivity contribution in [2.75, 3.05) is 23.4 Å². The van der Waals surface area contributed by atoms with Crippen molar-refractivity contribution < 1.29 is 9.59 Å². The minimum atomic E-state index is -0.161. The molecule has 100 valence electrons. The molecule has 1 aromatic rings. The predicted octanol–water partition coefficient (Wildman–Crippen LogP) is 1.42. The van der Waals surface area contributed by atoms with E-state index in [-0.39, 0.29) is 29.9 Å². The van der Waals surface area contributed by atoms with E-state index in [2.05, 4.69) is 16.6 Å². The van der Waals surface area contributed by atoms with Crippen molar-refractivity contribution in [1.82, 2.24) is 5.32 Å². The van der Waals surface area contributed by atoms with Gasteiger partial charge in [0.25, 0.3) is 0 Å². The number of hydrogen-bond donors (Lipinski definition) is 2. The number of carbonyl (C=O) groups excluding carboxylic acids is 2. The van der Waals surface area contributed by atoms with E-state index < -0.39 is 0 Å². The van der Waals surface area contributed by atoms with Crippen molar-refractivity contribution in [3.8, 4) is 12.3 Å². The van der Waals surface area contributed by atoms with Crippen LogP contribution in [0, 0.1) is 19.3 Å².